The summed E-state index contributed by atoms with van der Waals surface area (Å²) in [6.07, 6.45) is 0. The number of nitrogens with one attached hydrogen (secondary N) is 2. The Kier molecular flexibility index (Phi) is 7.05. The second-order valence-electron chi connectivity index (χ2n) is 8.43. The van der Waals surface area contributed by atoms with Crippen molar-refractivity contribution in [2.45, 2.75) is 25.8 Å². The van der Waals surface area contributed by atoms with Crippen LogP contribution in [0.5, 0.6) is 0 Å². The molecule has 0 spiro atoms. The van der Waals surface area contributed by atoms with Crippen LogP contribution in [0.3, 0.4) is 0 Å². The van der Waals surface area contributed by atoms with E-state index < -0.39 is 0 Å². The maximum absolute atomic E-state index is 13.9. The smallest absolute Gasteiger partial charge is 0.320 e. The summed E-state index contributed by atoms with van der Waals surface area (Å²) in [6, 6.07) is 15.8. The van der Waals surface area contributed by atoms with E-state index in [1.807, 2.05) is 50.2 Å². The van der Waals surface area contributed by atoms with Crippen molar-refractivity contribution < 1.29 is 13.9 Å². The predicted molar refractivity (Wildman–Crippen MR) is 126 cm³/mol. The van der Waals surface area contributed by atoms with E-state index in [0.29, 0.717) is 19.0 Å². The number of ether oxygens (including phenoxy) is 1. The molecule has 0 bridgehead atoms. The van der Waals surface area contributed by atoms with Gasteiger partial charge in [-0.15, -0.1) is 0 Å². The van der Waals surface area contributed by atoms with Gasteiger partial charge in [0.25, 0.3) is 0 Å². The monoisotopic (exact) mass is 451 g/mol. The standard InChI is InChI=1S/C25H30FN5O2/c1-17-18(2)29-31(21-10-5-4-6-11-21)24(17)28-25(32)27-23-16-30(12-13-33-3)15-22(23)19-8-7-9-20(26)14-19/h4-11,14,22-23H,12-13,15-16H2,1-3H3,(H2,27,28,32)/t22-,23+/m0/s1. The highest BCUT2D eigenvalue weighted by atomic mass is 19.1. The maximum atomic E-state index is 13.9. The van der Waals surface area contributed by atoms with Crippen LogP contribution in [-0.4, -0.2) is 60.1 Å². The van der Waals surface area contributed by atoms with Gasteiger partial charge in [-0.05, 0) is 43.7 Å². The van der Waals surface area contributed by atoms with Gasteiger partial charge in [-0.25, -0.2) is 13.9 Å². The van der Waals surface area contributed by atoms with Crippen LogP contribution in [0.1, 0.15) is 22.7 Å². The molecule has 0 radical (unpaired) electrons. The molecule has 174 valence electrons. The van der Waals surface area contributed by atoms with Gasteiger partial charge in [0.1, 0.15) is 11.6 Å². The van der Waals surface area contributed by atoms with E-state index in [2.05, 4.69) is 20.6 Å². The Morgan fingerprint density at radius 1 is 1.15 bits per heavy atom. The van der Waals surface area contributed by atoms with Crippen molar-refractivity contribution in [1.82, 2.24) is 20.0 Å². The van der Waals surface area contributed by atoms with Gasteiger partial charge in [0.15, 0.2) is 0 Å². The fraction of sp³-hybridized carbons (Fsp3) is 0.360. The van der Waals surface area contributed by atoms with Crippen molar-refractivity contribution in [3.8, 4) is 5.69 Å². The largest absolute Gasteiger partial charge is 0.383 e. The van der Waals surface area contributed by atoms with E-state index in [0.717, 1.165) is 35.6 Å². The number of aryl methyl sites for hydroxylation is 1. The lowest BCUT2D eigenvalue weighted by Crippen LogP contribution is -2.42. The molecule has 2 N–H and O–H groups in total. The number of urea groups is 1. The van der Waals surface area contributed by atoms with Crippen molar-refractivity contribution >= 4 is 11.8 Å². The zero-order valence-corrected chi connectivity index (χ0v) is 19.2. The summed E-state index contributed by atoms with van der Waals surface area (Å²) in [7, 11) is 1.67. The first-order valence-electron chi connectivity index (χ1n) is 11.1. The van der Waals surface area contributed by atoms with Gasteiger partial charge in [-0.2, -0.15) is 5.10 Å². The highest BCUT2D eigenvalue weighted by Gasteiger charge is 2.35. The van der Waals surface area contributed by atoms with Gasteiger partial charge in [0.2, 0.25) is 0 Å². The molecular weight excluding hydrogens is 421 g/mol. The fourth-order valence-corrected chi connectivity index (χ4v) is 4.33. The molecule has 1 fully saturated rings. The van der Waals surface area contributed by atoms with E-state index in [1.165, 1.54) is 6.07 Å². The SMILES string of the molecule is COCCN1C[C@@H](NC(=O)Nc2c(C)c(C)nn2-c2ccccc2)[C@H](c2cccc(F)c2)C1. The van der Waals surface area contributed by atoms with Crippen LogP contribution >= 0.6 is 0 Å². The van der Waals surface area contributed by atoms with E-state index >= 15 is 0 Å². The molecule has 7 nitrogen and oxygen atoms in total. The Morgan fingerprint density at radius 3 is 2.67 bits per heavy atom. The van der Waals surface area contributed by atoms with Crippen LogP contribution in [0, 0.1) is 19.7 Å². The van der Waals surface area contributed by atoms with Crippen molar-refractivity contribution in [3.05, 3.63) is 77.2 Å². The normalized spacial score (nSPS) is 18.4. The fourth-order valence-electron chi connectivity index (χ4n) is 4.33. The lowest BCUT2D eigenvalue weighted by molar-refractivity contribution is 0.159. The van der Waals surface area contributed by atoms with Crippen molar-refractivity contribution in [2.24, 2.45) is 0 Å². The molecule has 33 heavy (non-hydrogen) atoms. The van der Waals surface area contributed by atoms with E-state index in [1.54, 1.807) is 23.9 Å². The number of benzene rings is 2. The number of halogens is 1. The molecule has 0 unspecified atom stereocenters. The minimum Gasteiger partial charge on any atom is -0.383 e. The highest BCUT2D eigenvalue weighted by Crippen LogP contribution is 2.29. The first kappa shape index (κ1) is 22.9. The predicted octanol–water partition coefficient (Wildman–Crippen LogP) is 3.86. The van der Waals surface area contributed by atoms with Crippen LogP contribution in [0.15, 0.2) is 54.6 Å². The maximum Gasteiger partial charge on any atom is 0.320 e. The van der Waals surface area contributed by atoms with Crippen LogP contribution < -0.4 is 10.6 Å². The van der Waals surface area contributed by atoms with Crippen molar-refractivity contribution in [2.75, 3.05) is 38.7 Å². The summed E-state index contributed by atoms with van der Waals surface area (Å²) >= 11 is 0. The van der Waals surface area contributed by atoms with Crippen molar-refractivity contribution in [3.63, 3.8) is 0 Å². The number of amides is 2. The summed E-state index contributed by atoms with van der Waals surface area (Å²) in [5.41, 5.74) is 3.50. The molecule has 1 aliphatic heterocycles. The van der Waals surface area contributed by atoms with Gasteiger partial charge in [0.05, 0.1) is 24.0 Å². The molecule has 0 aliphatic carbocycles. The second kappa shape index (κ2) is 10.1. The van der Waals surface area contributed by atoms with Crippen LogP contribution in [0.2, 0.25) is 0 Å². The molecular formula is C25H30FN5O2. The summed E-state index contributed by atoms with van der Waals surface area (Å²) in [5.74, 6) is 0.335. The Hall–Kier alpha value is -3.23. The van der Waals surface area contributed by atoms with Crippen LogP contribution in [-0.2, 0) is 4.74 Å². The van der Waals surface area contributed by atoms with E-state index in [-0.39, 0.29) is 23.8 Å². The molecule has 4 rings (SSSR count). The number of methoxy groups -OCH3 is 1. The molecule has 2 aromatic carbocycles. The molecule has 1 aromatic heterocycles. The van der Waals surface area contributed by atoms with Gasteiger partial charge < -0.3 is 10.1 Å². The minimum absolute atomic E-state index is 0.0230. The lowest BCUT2D eigenvalue weighted by atomic mass is 9.94. The Balaban J connectivity index is 1.53. The number of rotatable bonds is 7. The average molecular weight is 452 g/mol. The molecule has 1 saturated heterocycles. The lowest BCUT2D eigenvalue weighted by Gasteiger charge is -2.21. The highest BCUT2D eigenvalue weighted by molar-refractivity contribution is 5.90. The summed E-state index contributed by atoms with van der Waals surface area (Å²) < 4.78 is 20.9. The number of hydrogen-bond acceptors (Lipinski definition) is 4. The molecule has 0 saturated carbocycles. The van der Waals surface area contributed by atoms with Crippen molar-refractivity contribution in [1.29, 1.82) is 0 Å². The molecule has 2 amide bonds. The van der Waals surface area contributed by atoms with Crippen LogP contribution in [0.4, 0.5) is 15.0 Å². The third-order valence-electron chi connectivity index (χ3n) is 6.19. The number of anilines is 1. The quantitative estimate of drug-likeness (QED) is 0.572. The van der Waals surface area contributed by atoms with E-state index in [9.17, 15) is 9.18 Å². The number of aromatic nitrogens is 2. The van der Waals surface area contributed by atoms with Crippen LogP contribution in [0.25, 0.3) is 5.69 Å². The zero-order valence-electron chi connectivity index (χ0n) is 19.2. The number of likely N-dealkylation sites (tertiary alicyclic amines) is 1. The molecule has 2 heterocycles. The Bertz CT molecular complexity index is 1100. The molecule has 3 aromatic rings. The number of carbonyl (C=O) groups excluding carboxylic acids is 1. The molecule has 8 heteroatoms. The van der Waals surface area contributed by atoms with Gasteiger partial charge >= 0.3 is 6.03 Å². The van der Waals surface area contributed by atoms with Gasteiger partial charge in [-0.3, -0.25) is 10.2 Å². The first-order chi connectivity index (χ1) is 16.0. The number of nitrogens with zero attached hydrogens (tertiary/aromatic N) is 3. The summed E-state index contributed by atoms with van der Waals surface area (Å²) in [6.45, 7) is 6.59. The Labute approximate surface area is 193 Å². The summed E-state index contributed by atoms with van der Waals surface area (Å²) in [4.78, 5) is 15.3. The number of carbonyl (C=O) groups is 1. The number of para-hydroxylation sites is 1. The second-order valence-corrected chi connectivity index (χ2v) is 8.43. The van der Waals surface area contributed by atoms with Gasteiger partial charge in [-0.1, -0.05) is 30.3 Å². The Morgan fingerprint density at radius 2 is 1.94 bits per heavy atom. The topological polar surface area (TPSA) is 71.4 Å². The average Bonchev–Trinajstić information content (AvgIpc) is 3.34. The summed E-state index contributed by atoms with van der Waals surface area (Å²) in [5, 5.41) is 10.7. The third kappa shape index (κ3) is 5.23. The zero-order chi connectivity index (χ0) is 23.4. The first-order valence-corrected chi connectivity index (χ1v) is 11.1. The third-order valence-corrected chi connectivity index (χ3v) is 6.19. The van der Waals surface area contributed by atoms with E-state index in [4.69, 9.17) is 4.74 Å². The molecule has 1 aliphatic rings. The number of hydrogen-bond donors (Lipinski definition) is 2. The minimum atomic E-state index is -0.310. The van der Waals surface area contributed by atoms with Gasteiger partial charge in [0, 0.05) is 38.2 Å². The molecule has 2 atom stereocenters.